The highest BCUT2D eigenvalue weighted by Crippen LogP contribution is 2.26. The summed E-state index contributed by atoms with van der Waals surface area (Å²) < 4.78 is 0. The molecule has 1 atom stereocenters. The van der Waals surface area contributed by atoms with E-state index >= 15 is 0 Å². The molecule has 1 nitrogen and oxygen atoms in total. The highest BCUT2D eigenvalue weighted by molar-refractivity contribution is 5.25. The van der Waals surface area contributed by atoms with Crippen molar-refractivity contribution in [3.63, 3.8) is 0 Å². The van der Waals surface area contributed by atoms with Crippen LogP contribution in [0.15, 0.2) is 24.3 Å². The molecule has 0 fully saturated rings. The van der Waals surface area contributed by atoms with Crippen LogP contribution in [0.3, 0.4) is 0 Å². The Morgan fingerprint density at radius 3 is 3.27 bits per heavy atom. The molecule has 0 saturated carbocycles. The molecule has 0 amide bonds. The molecule has 0 aromatic rings. The molecule has 0 aromatic carbocycles. The van der Waals surface area contributed by atoms with Crippen molar-refractivity contribution in [2.75, 3.05) is 0 Å². The van der Waals surface area contributed by atoms with Crippen molar-refractivity contribution in [1.82, 2.24) is 0 Å². The zero-order valence-electron chi connectivity index (χ0n) is 6.71. The van der Waals surface area contributed by atoms with Gasteiger partial charge >= 0.3 is 0 Å². The molecule has 0 saturated heterocycles. The van der Waals surface area contributed by atoms with Crippen molar-refractivity contribution in [2.24, 2.45) is 5.92 Å². The van der Waals surface area contributed by atoms with Gasteiger partial charge in [-0.3, -0.25) is 0 Å². The van der Waals surface area contributed by atoms with Gasteiger partial charge < -0.3 is 0 Å². The Morgan fingerprint density at radius 1 is 1.82 bits per heavy atom. The minimum atomic E-state index is 0.464. The topological polar surface area (TPSA) is 23.8 Å². The molecule has 1 rings (SSSR count). The Labute approximate surface area is 68.0 Å². The van der Waals surface area contributed by atoms with Crippen LogP contribution in [0.2, 0.25) is 0 Å². The molecule has 1 aliphatic rings. The fourth-order valence-electron chi connectivity index (χ4n) is 1.53. The number of allylic oxidation sites excluding steroid dienone is 3. The van der Waals surface area contributed by atoms with Gasteiger partial charge in [-0.25, -0.2) is 0 Å². The molecular formula is C10H13N. The molecule has 0 bridgehead atoms. The Kier molecular flexibility index (Phi) is 2.92. The summed E-state index contributed by atoms with van der Waals surface area (Å²) in [6, 6.07) is 2.25. The molecule has 1 aliphatic carbocycles. The zero-order valence-corrected chi connectivity index (χ0v) is 6.71. The van der Waals surface area contributed by atoms with Crippen LogP contribution in [0.5, 0.6) is 0 Å². The summed E-state index contributed by atoms with van der Waals surface area (Å²) in [7, 11) is 0. The van der Waals surface area contributed by atoms with Gasteiger partial charge in [0, 0.05) is 5.57 Å². The van der Waals surface area contributed by atoms with Gasteiger partial charge in [0.15, 0.2) is 0 Å². The lowest BCUT2D eigenvalue weighted by Gasteiger charge is -2.17. The molecule has 0 radical (unpaired) electrons. The summed E-state index contributed by atoms with van der Waals surface area (Å²) in [5.74, 6) is 0.464. The zero-order chi connectivity index (χ0) is 8.10. The minimum absolute atomic E-state index is 0.464. The van der Waals surface area contributed by atoms with E-state index in [2.05, 4.69) is 18.7 Å². The number of nitrogens with zero attached hydrogens (tertiary/aromatic N) is 1. The summed E-state index contributed by atoms with van der Waals surface area (Å²) in [5.41, 5.74) is 0.969. The maximum Gasteiger partial charge on any atom is 0.0946 e. The van der Waals surface area contributed by atoms with Crippen LogP contribution in [0.25, 0.3) is 0 Å². The van der Waals surface area contributed by atoms with Gasteiger partial charge in [0.05, 0.1) is 6.07 Å². The molecule has 0 aliphatic heterocycles. The van der Waals surface area contributed by atoms with Crippen LogP contribution in [0.4, 0.5) is 0 Å². The second-order valence-electron chi connectivity index (χ2n) is 2.92. The van der Waals surface area contributed by atoms with Crippen LogP contribution < -0.4 is 0 Å². The molecule has 0 spiro atoms. The first-order chi connectivity index (χ1) is 5.38. The van der Waals surface area contributed by atoms with Crippen LogP contribution in [-0.2, 0) is 0 Å². The van der Waals surface area contributed by atoms with E-state index in [-0.39, 0.29) is 0 Å². The first-order valence-electron chi connectivity index (χ1n) is 4.09. The molecular weight excluding hydrogens is 134 g/mol. The molecule has 11 heavy (non-hydrogen) atoms. The summed E-state index contributed by atoms with van der Waals surface area (Å²) in [6.45, 7) is 3.69. The smallest absolute Gasteiger partial charge is 0.0946 e. The molecule has 58 valence electrons. The van der Waals surface area contributed by atoms with E-state index in [9.17, 15) is 0 Å². The summed E-state index contributed by atoms with van der Waals surface area (Å²) in [4.78, 5) is 0. The maximum atomic E-state index is 8.74. The molecule has 0 aromatic heterocycles. The Balaban J connectivity index is 2.63. The number of hydrogen-bond donors (Lipinski definition) is 0. The van der Waals surface area contributed by atoms with Gasteiger partial charge in [0.25, 0.3) is 0 Å². The second-order valence-corrected chi connectivity index (χ2v) is 2.92. The highest BCUT2D eigenvalue weighted by atomic mass is 14.3. The first-order valence-corrected chi connectivity index (χ1v) is 4.09. The van der Waals surface area contributed by atoms with Crippen molar-refractivity contribution in [1.29, 1.82) is 5.26 Å². The van der Waals surface area contributed by atoms with E-state index in [1.54, 1.807) is 0 Å². The molecule has 1 unspecified atom stereocenters. The van der Waals surface area contributed by atoms with E-state index in [4.69, 9.17) is 5.26 Å². The highest BCUT2D eigenvalue weighted by Gasteiger charge is 2.15. The van der Waals surface area contributed by atoms with E-state index in [1.807, 2.05) is 6.08 Å². The van der Waals surface area contributed by atoms with Crippen LogP contribution >= 0.6 is 0 Å². The monoisotopic (exact) mass is 147 g/mol. The van der Waals surface area contributed by atoms with E-state index in [0.717, 1.165) is 24.8 Å². The Bertz CT molecular complexity index is 207. The summed E-state index contributed by atoms with van der Waals surface area (Å²) >= 11 is 0. The lowest BCUT2D eigenvalue weighted by molar-refractivity contribution is 0.529. The SMILES string of the molecule is C=CCC1CCCC=C1C#N. The van der Waals surface area contributed by atoms with Crippen molar-refractivity contribution in [3.8, 4) is 6.07 Å². The second kappa shape index (κ2) is 3.98. The third-order valence-corrected chi connectivity index (χ3v) is 2.14. The third kappa shape index (κ3) is 1.94. The molecule has 0 N–H and O–H groups in total. The van der Waals surface area contributed by atoms with Crippen LogP contribution in [-0.4, -0.2) is 0 Å². The van der Waals surface area contributed by atoms with Crippen molar-refractivity contribution < 1.29 is 0 Å². The Morgan fingerprint density at radius 2 is 2.64 bits per heavy atom. The van der Waals surface area contributed by atoms with E-state index < -0.39 is 0 Å². The van der Waals surface area contributed by atoms with Crippen molar-refractivity contribution in [3.05, 3.63) is 24.3 Å². The van der Waals surface area contributed by atoms with Crippen molar-refractivity contribution >= 4 is 0 Å². The lowest BCUT2D eigenvalue weighted by Crippen LogP contribution is -2.05. The first kappa shape index (κ1) is 8.07. The lowest BCUT2D eigenvalue weighted by atomic mass is 9.86. The van der Waals surface area contributed by atoms with Gasteiger partial charge in [-0.1, -0.05) is 12.2 Å². The van der Waals surface area contributed by atoms with E-state index in [0.29, 0.717) is 5.92 Å². The van der Waals surface area contributed by atoms with Gasteiger partial charge in [0.1, 0.15) is 0 Å². The fourth-order valence-corrected chi connectivity index (χ4v) is 1.53. The van der Waals surface area contributed by atoms with Crippen molar-refractivity contribution in [2.45, 2.75) is 25.7 Å². The minimum Gasteiger partial charge on any atom is -0.193 e. The van der Waals surface area contributed by atoms with E-state index in [1.165, 1.54) is 6.42 Å². The number of hydrogen-bond acceptors (Lipinski definition) is 1. The van der Waals surface area contributed by atoms with Crippen LogP contribution in [0.1, 0.15) is 25.7 Å². The largest absolute Gasteiger partial charge is 0.193 e. The maximum absolute atomic E-state index is 8.74. The summed E-state index contributed by atoms with van der Waals surface area (Å²) in [5, 5.41) is 8.74. The van der Waals surface area contributed by atoms with Gasteiger partial charge in [0.2, 0.25) is 0 Å². The number of nitriles is 1. The third-order valence-electron chi connectivity index (χ3n) is 2.14. The van der Waals surface area contributed by atoms with Crippen LogP contribution in [0, 0.1) is 17.2 Å². The van der Waals surface area contributed by atoms with Gasteiger partial charge in [-0.2, -0.15) is 5.26 Å². The Hall–Kier alpha value is -1.03. The normalized spacial score (nSPS) is 23.5. The predicted octanol–water partition coefficient (Wildman–Crippen LogP) is 2.81. The average molecular weight is 147 g/mol. The van der Waals surface area contributed by atoms with Gasteiger partial charge in [-0.15, -0.1) is 6.58 Å². The molecule has 1 heteroatoms. The van der Waals surface area contributed by atoms with Gasteiger partial charge in [-0.05, 0) is 31.6 Å². The number of rotatable bonds is 2. The molecule has 0 heterocycles. The standard InChI is InChI=1S/C10H13N/c1-2-5-9-6-3-4-7-10(9)8-11/h2,7,9H,1,3-6H2. The quantitative estimate of drug-likeness (QED) is 0.551. The fraction of sp³-hybridized carbons (Fsp3) is 0.500. The predicted molar refractivity (Wildman–Crippen MR) is 45.9 cm³/mol. The summed E-state index contributed by atoms with van der Waals surface area (Å²) in [6.07, 6.45) is 8.39. The average Bonchev–Trinajstić information content (AvgIpc) is 2.06.